The second-order valence-corrected chi connectivity index (χ2v) is 7.06. The fraction of sp³-hybridized carbons (Fsp3) is 0. The molecule has 0 saturated heterocycles. The summed E-state index contributed by atoms with van der Waals surface area (Å²) in [6.45, 7) is 0. The van der Waals surface area contributed by atoms with Crippen LogP contribution in [0, 0.1) is 0 Å². The van der Waals surface area contributed by atoms with Crippen LogP contribution in [0.25, 0.3) is 22.3 Å². The van der Waals surface area contributed by atoms with E-state index in [1.165, 1.54) is 6.07 Å². The molecule has 0 fully saturated rings. The molecule has 0 unspecified atom stereocenters. The number of nitrogens with two attached hydrogens (primary N) is 1. The Labute approximate surface area is 140 Å². The summed E-state index contributed by atoms with van der Waals surface area (Å²) in [5.41, 5.74) is 3.17. The second-order valence-electron chi connectivity index (χ2n) is 5.10. The lowest BCUT2D eigenvalue weighted by atomic mass is 9.95. The topological polar surface area (TPSA) is 60.2 Å². The Morgan fingerprint density at radius 2 is 1.35 bits per heavy atom. The van der Waals surface area contributed by atoms with E-state index in [0.717, 1.165) is 16.7 Å². The lowest BCUT2D eigenvalue weighted by Crippen LogP contribution is -2.13. The molecule has 2 N–H and O–H groups in total. The van der Waals surface area contributed by atoms with Crippen molar-refractivity contribution in [3.05, 3.63) is 77.8 Å². The molecule has 5 heteroatoms. The highest BCUT2D eigenvalue weighted by atomic mass is 35.5. The molecular weight excluding hydrogens is 330 g/mol. The molecule has 0 spiro atoms. The molecule has 0 atom stereocenters. The molecule has 3 nitrogen and oxygen atoms in total. The molecular formula is C18H14ClNO2S. The van der Waals surface area contributed by atoms with E-state index >= 15 is 0 Å². The van der Waals surface area contributed by atoms with Gasteiger partial charge in [-0.05, 0) is 34.9 Å². The van der Waals surface area contributed by atoms with Crippen molar-refractivity contribution in [1.29, 1.82) is 0 Å². The summed E-state index contributed by atoms with van der Waals surface area (Å²) < 4.78 is 23.8. The van der Waals surface area contributed by atoms with Gasteiger partial charge in [-0.2, -0.15) is 0 Å². The Hall–Kier alpha value is -2.14. The SMILES string of the molecule is NS(=O)(=O)c1ccccc1-c1ccccc1-c1cccc(Cl)c1. The number of halogens is 1. The van der Waals surface area contributed by atoms with Crippen molar-refractivity contribution >= 4 is 21.6 Å². The van der Waals surface area contributed by atoms with Crippen LogP contribution in [-0.4, -0.2) is 8.42 Å². The van der Waals surface area contributed by atoms with Crippen LogP contribution in [0.1, 0.15) is 0 Å². The third-order valence-electron chi connectivity index (χ3n) is 3.55. The van der Waals surface area contributed by atoms with E-state index in [2.05, 4.69) is 0 Å². The maximum atomic E-state index is 11.9. The average Bonchev–Trinajstić information content (AvgIpc) is 2.54. The van der Waals surface area contributed by atoms with Gasteiger partial charge in [-0.15, -0.1) is 0 Å². The molecule has 0 aliphatic carbocycles. The van der Waals surface area contributed by atoms with Crippen molar-refractivity contribution in [2.75, 3.05) is 0 Å². The van der Waals surface area contributed by atoms with E-state index in [1.807, 2.05) is 42.5 Å². The maximum Gasteiger partial charge on any atom is 0.238 e. The van der Waals surface area contributed by atoms with Gasteiger partial charge in [0.15, 0.2) is 0 Å². The van der Waals surface area contributed by atoms with Crippen molar-refractivity contribution in [3.63, 3.8) is 0 Å². The van der Waals surface area contributed by atoms with E-state index in [0.29, 0.717) is 10.6 Å². The fourth-order valence-corrected chi connectivity index (χ4v) is 3.51. The molecule has 0 aliphatic rings. The monoisotopic (exact) mass is 343 g/mol. The quantitative estimate of drug-likeness (QED) is 0.769. The zero-order valence-corrected chi connectivity index (χ0v) is 13.7. The average molecular weight is 344 g/mol. The molecule has 3 rings (SSSR count). The normalized spacial score (nSPS) is 11.4. The molecule has 0 aliphatic heterocycles. The summed E-state index contributed by atoms with van der Waals surface area (Å²) in [7, 11) is -3.81. The third kappa shape index (κ3) is 3.29. The number of hydrogen-bond donors (Lipinski definition) is 1. The zero-order valence-electron chi connectivity index (χ0n) is 12.1. The zero-order chi connectivity index (χ0) is 16.4. The van der Waals surface area contributed by atoms with Crippen LogP contribution in [-0.2, 0) is 10.0 Å². The van der Waals surface area contributed by atoms with Gasteiger partial charge in [0, 0.05) is 10.6 Å². The predicted octanol–water partition coefficient (Wildman–Crippen LogP) is 4.32. The Bertz CT molecular complexity index is 968. The summed E-state index contributed by atoms with van der Waals surface area (Å²) in [4.78, 5) is 0.106. The van der Waals surface area contributed by atoms with Gasteiger partial charge in [-0.1, -0.05) is 66.2 Å². The highest BCUT2D eigenvalue weighted by molar-refractivity contribution is 7.89. The van der Waals surface area contributed by atoms with Crippen LogP contribution in [0.4, 0.5) is 0 Å². The van der Waals surface area contributed by atoms with E-state index in [-0.39, 0.29) is 4.90 Å². The van der Waals surface area contributed by atoms with Crippen molar-refractivity contribution in [2.45, 2.75) is 4.90 Å². The minimum Gasteiger partial charge on any atom is -0.225 e. The Morgan fingerprint density at radius 3 is 2.00 bits per heavy atom. The molecule has 3 aromatic carbocycles. The lowest BCUT2D eigenvalue weighted by molar-refractivity contribution is 0.598. The largest absolute Gasteiger partial charge is 0.238 e. The summed E-state index contributed by atoms with van der Waals surface area (Å²) in [5, 5.41) is 5.98. The Kier molecular flexibility index (Phi) is 4.22. The summed E-state index contributed by atoms with van der Waals surface area (Å²) in [5.74, 6) is 0. The van der Waals surface area contributed by atoms with Crippen LogP contribution in [0.3, 0.4) is 0 Å². The molecule has 0 radical (unpaired) electrons. The Balaban J connectivity index is 2.28. The first-order valence-electron chi connectivity index (χ1n) is 6.94. The molecule has 23 heavy (non-hydrogen) atoms. The van der Waals surface area contributed by atoms with Gasteiger partial charge in [-0.25, -0.2) is 13.6 Å². The first-order chi connectivity index (χ1) is 11.0. The molecule has 0 amide bonds. The minimum atomic E-state index is -3.81. The van der Waals surface area contributed by atoms with Crippen LogP contribution in [0.2, 0.25) is 5.02 Å². The van der Waals surface area contributed by atoms with Gasteiger partial charge in [-0.3, -0.25) is 0 Å². The lowest BCUT2D eigenvalue weighted by Gasteiger charge is -2.13. The minimum absolute atomic E-state index is 0.106. The number of hydrogen-bond acceptors (Lipinski definition) is 2. The first kappa shape index (κ1) is 15.7. The van der Waals surface area contributed by atoms with Gasteiger partial charge in [0.25, 0.3) is 0 Å². The van der Waals surface area contributed by atoms with Crippen molar-refractivity contribution < 1.29 is 8.42 Å². The highest BCUT2D eigenvalue weighted by Crippen LogP contribution is 2.35. The summed E-state index contributed by atoms with van der Waals surface area (Å²) in [6.07, 6.45) is 0. The summed E-state index contributed by atoms with van der Waals surface area (Å²) in [6, 6.07) is 21.7. The number of benzene rings is 3. The third-order valence-corrected chi connectivity index (χ3v) is 4.75. The van der Waals surface area contributed by atoms with E-state index in [1.54, 1.807) is 24.3 Å². The second kappa shape index (κ2) is 6.16. The molecule has 0 bridgehead atoms. The standard InChI is InChI=1S/C18H14ClNO2S/c19-14-7-5-6-13(12-14)15-8-1-2-9-16(15)17-10-3-4-11-18(17)23(20,21)22/h1-12H,(H2,20,21,22). The van der Waals surface area contributed by atoms with Crippen LogP contribution in [0.5, 0.6) is 0 Å². The van der Waals surface area contributed by atoms with Gasteiger partial charge in [0.1, 0.15) is 0 Å². The smallest absolute Gasteiger partial charge is 0.225 e. The number of primary sulfonamides is 1. The molecule has 0 heterocycles. The van der Waals surface area contributed by atoms with Gasteiger partial charge < -0.3 is 0 Å². The fourth-order valence-electron chi connectivity index (χ4n) is 2.56. The van der Waals surface area contributed by atoms with Gasteiger partial charge >= 0.3 is 0 Å². The van der Waals surface area contributed by atoms with E-state index < -0.39 is 10.0 Å². The summed E-state index contributed by atoms with van der Waals surface area (Å²) >= 11 is 6.08. The van der Waals surface area contributed by atoms with Crippen LogP contribution >= 0.6 is 11.6 Å². The van der Waals surface area contributed by atoms with E-state index in [4.69, 9.17) is 16.7 Å². The predicted molar refractivity (Wildman–Crippen MR) is 93.7 cm³/mol. The number of sulfonamides is 1. The van der Waals surface area contributed by atoms with Gasteiger partial charge in [0.05, 0.1) is 4.90 Å². The van der Waals surface area contributed by atoms with Crippen LogP contribution in [0.15, 0.2) is 77.7 Å². The van der Waals surface area contributed by atoms with Crippen LogP contribution < -0.4 is 5.14 Å². The molecule has 0 aromatic heterocycles. The molecule has 0 saturated carbocycles. The van der Waals surface area contributed by atoms with E-state index in [9.17, 15) is 8.42 Å². The molecule has 3 aromatic rings. The maximum absolute atomic E-state index is 11.9. The van der Waals surface area contributed by atoms with Crippen molar-refractivity contribution in [2.24, 2.45) is 5.14 Å². The first-order valence-corrected chi connectivity index (χ1v) is 8.86. The number of rotatable bonds is 3. The van der Waals surface area contributed by atoms with Crippen molar-refractivity contribution in [1.82, 2.24) is 0 Å². The van der Waals surface area contributed by atoms with Crippen molar-refractivity contribution in [3.8, 4) is 22.3 Å². The van der Waals surface area contributed by atoms with Gasteiger partial charge in [0.2, 0.25) is 10.0 Å². The Morgan fingerprint density at radius 1 is 0.739 bits per heavy atom. The molecule has 116 valence electrons. The highest BCUT2D eigenvalue weighted by Gasteiger charge is 2.17.